The first-order valence-electron chi connectivity index (χ1n) is 10.6. The number of carbonyl (C=O) groups excluding carboxylic acids is 1. The zero-order valence-corrected chi connectivity index (χ0v) is 24.4. The lowest BCUT2D eigenvalue weighted by atomic mass is 9.78. The number of amides is 1. The van der Waals surface area contributed by atoms with Crippen LogP contribution in [0.25, 0.3) is 0 Å². The summed E-state index contributed by atoms with van der Waals surface area (Å²) < 4.78 is 37.5. The van der Waals surface area contributed by atoms with Crippen LogP contribution in [-0.4, -0.2) is 62.6 Å². The number of rotatable bonds is 11. The second kappa shape index (κ2) is 12.3. The molecule has 0 bridgehead atoms. The molecule has 10 heteroatoms. The Bertz CT molecular complexity index is 712. The van der Waals surface area contributed by atoms with Gasteiger partial charge in [-0.2, -0.15) is 0 Å². The molecule has 1 aromatic carbocycles. The second-order valence-electron chi connectivity index (χ2n) is 9.01. The quantitative estimate of drug-likeness (QED) is 0.314. The molecule has 0 aromatic heterocycles. The topological polar surface area (TPSA) is 57.2 Å². The third kappa shape index (κ3) is 9.21. The van der Waals surface area contributed by atoms with Crippen LogP contribution in [0.4, 0.5) is 9.18 Å². The molecule has 0 fully saturated rings. The fourth-order valence-electron chi connectivity index (χ4n) is 2.98. The summed E-state index contributed by atoms with van der Waals surface area (Å²) in [5, 5.41) is 0. The molecule has 178 valence electrons. The van der Waals surface area contributed by atoms with Crippen LogP contribution in [-0.2, 0) is 13.6 Å². The van der Waals surface area contributed by atoms with Crippen LogP contribution < -0.4 is 4.74 Å². The molecule has 1 unspecified atom stereocenters. The minimum Gasteiger partial charge on any atom is -0.493 e. The summed E-state index contributed by atoms with van der Waals surface area (Å²) in [5.74, 6) is 0.0682. The van der Waals surface area contributed by atoms with E-state index in [2.05, 4.69) is 42.9 Å². The van der Waals surface area contributed by atoms with Gasteiger partial charge in [-0.15, -0.1) is 0 Å². The molecule has 0 spiro atoms. The van der Waals surface area contributed by atoms with Crippen LogP contribution in [0.5, 0.6) is 5.75 Å². The van der Waals surface area contributed by atoms with Crippen molar-refractivity contribution in [1.29, 1.82) is 0 Å². The van der Waals surface area contributed by atoms with E-state index >= 15 is 0 Å². The summed E-state index contributed by atoms with van der Waals surface area (Å²) in [6, 6.07) is 4.54. The lowest BCUT2D eigenvalue weighted by Gasteiger charge is -2.42. The van der Waals surface area contributed by atoms with Gasteiger partial charge in [0, 0.05) is 24.9 Å². The Morgan fingerprint density at radius 3 is 2.23 bits per heavy atom. The Labute approximate surface area is 199 Å². The summed E-state index contributed by atoms with van der Waals surface area (Å²) in [6.45, 7) is 14.5. The van der Waals surface area contributed by atoms with Gasteiger partial charge in [0.15, 0.2) is 19.5 Å². The molecule has 0 radical (unpaired) electrons. The largest absolute Gasteiger partial charge is 0.493 e. The fraction of sp³-hybridized carbons (Fsp3) is 0.667. The number of halogens is 2. The van der Waals surface area contributed by atoms with Crippen molar-refractivity contribution >= 4 is 41.5 Å². The smallest absolute Gasteiger partial charge is 0.410 e. The molecule has 0 heterocycles. The summed E-state index contributed by atoms with van der Waals surface area (Å²) in [6.07, 6.45) is -0.757. The first-order chi connectivity index (χ1) is 14.3. The van der Waals surface area contributed by atoms with E-state index in [1.807, 2.05) is 20.8 Å². The highest BCUT2D eigenvalue weighted by Gasteiger charge is 2.40. The standard InChI is InChI=1S/C21H37BrFNO5Si2/c1-20(2,3)27-19(25)24(6)12-14(21(4,5)18(28-30-7)29-31-8)13-26-15-9-10-17(23)16(22)11-15/h9-11,14,18H,12-13,30-31H2,1-8H3. The van der Waals surface area contributed by atoms with E-state index in [1.165, 1.54) is 6.07 Å². The maximum atomic E-state index is 13.6. The van der Waals surface area contributed by atoms with Crippen molar-refractivity contribution in [2.75, 3.05) is 20.2 Å². The van der Waals surface area contributed by atoms with E-state index in [-0.39, 0.29) is 18.0 Å². The van der Waals surface area contributed by atoms with Crippen molar-refractivity contribution in [3.05, 3.63) is 28.5 Å². The highest BCUT2D eigenvalue weighted by Crippen LogP contribution is 2.35. The molecule has 1 atom stereocenters. The molecule has 6 nitrogen and oxygen atoms in total. The van der Waals surface area contributed by atoms with Gasteiger partial charge in [-0.1, -0.05) is 26.9 Å². The molecule has 1 aromatic rings. The Kier molecular flexibility index (Phi) is 11.2. The van der Waals surface area contributed by atoms with Crippen LogP contribution in [0.2, 0.25) is 13.1 Å². The fourth-order valence-corrected chi connectivity index (χ4v) is 5.19. The molecule has 0 saturated heterocycles. The van der Waals surface area contributed by atoms with E-state index in [0.29, 0.717) is 23.4 Å². The predicted molar refractivity (Wildman–Crippen MR) is 131 cm³/mol. The summed E-state index contributed by atoms with van der Waals surface area (Å²) in [7, 11) is 0.309. The van der Waals surface area contributed by atoms with E-state index in [0.717, 1.165) is 0 Å². The van der Waals surface area contributed by atoms with Gasteiger partial charge < -0.3 is 23.2 Å². The van der Waals surface area contributed by atoms with Gasteiger partial charge in [0.2, 0.25) is 0 Å². The van der Waals surface area contributed by atoms with Gasteiger partial charge in [-0.3, -0.25) is 0 Å². The van der Waals surface area contributed by atoms with Gasteiger partial charge in [0.25, 0.3) is 0 Å². The van der Waals surface area contributed by atoms with Gasteiger partial charge >= 0.3 is 6.09 Å². The molecule has 31 heavy (non-hydrogen) atoms. The zero-order chi connectivity index (χ0) is 23.8. The molecule has 1 rings (SSSR count). The highest BCUT2D eigenvalue weighted by molar-refractivity contribution is 9.10. The van der Waals surface area contributed by atoms with Crippen molar-refractivity contribution in [3.63, 3.8) is 0 Å². The molecule has 0 aliphatic rings. The van der Waals surface area contributed by atoms with Crippen LogP contribution >= 0.6 is 15.9 Å². The average Bonchev–Trinajstić information content (AvgIpc) is 2.65. The average molecular weight is 539 g/mol. The molecule has 0 aliphatic carbocycles. The highest BCUT2D eigenvalue weighted by atomic mass is 79.9. The number of carbonyl (C=O) groups is 1. The molecule has 0 aliphatic heterocycles. The maximum absolute atomic E-state index is 13.6. The van der Waals surface area contributed by atoms with Gasteiger partial charge in [-0.25, -0.2) is 9.18 Å². The van der Waals surface area contributed by atoms with Gasteiger partial charge in [-0.05, 0) is 54.9 Å². The van der Waals surface area contributed by atoms with E-state index in [4.69, 9.17) is 18.3 Å². The molecule has 1 amide bonds. The first kappa shape index (κ1) is 28.1. The van der Waals surface area contributed by atoms with Crippen LogP contribution in [0.1, 0.15) is 34.6 Å². The third-order valence-electron chi connectivity index (χ3n) is 4.84. The van der Waals surface area contributed by atoms with Crippen LogP contribution in [0.3, 0.4) is 0 Å². The number of ether oxygens (including phenoxy) is 2. The number of hydrogen-bond donors (Lipinski definition) is 0. The van der Waals surface area contributed by atoms with Gasteiger partial charge in [0.05, 0.1) is 11.1 Å². The summed E-state index contributed by atoms with van der Waals surface area (Å²) in [4.78, 5) is 14.1. The minimum atomic E-state index is -0.703. The minimum absolute atomic E-state index is 0.125. The van der Waals surface area contributed by atoms with Gasteiger partial charge in [0.1, 0.15) is 23.5 Å². The van der Waals surface area contributed by atoms with E-state index in [1.54, 1.807) is 24.1 Å². The van der Waals surface area contributed by atoms with Crippen molar-refractivity contribution in [2.24, 2.45) is 11.3 Å². The summed E-state index contributed by atoms with van der Waals surface area (Å²) in [5.41, 5.74) is -1.01. The Balaban J connectivity index is 3.08. The normalized spacial score (nSPS) is 14.9. The van der Waals surface area contributed by atoms with Crippen LogP contribution in [0.15, 0.2) is 22.7 Å². The SMILES string of the molecule is C[SiH2]OC(O[SiH2]C)C(C)(C)C(COc1ccc(F)c(Br)c1)CN(C)C(=O)OC(C)(C)C. The molecular weight excluding hydrogens is 501 g/mol. The van der Waals surface area contributed by atoms with E-state index in [9.17, 15) is 9.18 Å². The van der Waals surface area contributed by atoms with Crippen molar-refractivity contribution < 1.29 is 27.5 Å². The lowest BCUT2D eigenvalue weighted by Crippen LogP contribution is -2.49. The van der Waals surface area contributed by atoms with Crippen molar-refractivity contribution in [3.8, 4) is 5.75 Å². The monoisotopic (exact) mass is 537 g/mol. The zero-order valence-electron chi connectivity index (χ0n) is 20.0. The number of hydrogen-bond acceptors (Lipinski definition) is 5. The molecular formula is C21H37BrFNO5Si2. The predicted octanol–water partition coefficient (Wildman–Crippen LogP) is 4.10. The second-order valence-corrected chi connectivity index (χ2v) is 11.7. The van der Waals surface area contributed by atoms with Crippen molar-refractivity contribution in [2.45, 2.75) is 59.6 Å². The Hall–Kier alpha value is -0.946. The number of benzene rings is 1. The molecule has 0 saturated carbocycles. The van der Waals surface area contributed by atoms with Crippen molar-refractivity contribution in [1.82, 2.24) is 4.90 Å². The lowest BCUT2D eigenvalue weighted by molar-refractivity contribution is -0.115. The number of nitrogens with zero attached hydrogens (tertiary/aromatic N) is 1. The Morgan fingerprint density at radius 1 is 1.16 bits per heavy atom. The molecule has 0 N–H and O–H groups in total. The Morgan fingerprint density at radius 2 is 1.74 bits per heavy atom. The maximum Gasteiger partial charge on any atom is 0.410 e. The summed E-state index contributed by atoms with van der Waals surface area (Å²) >= 11 is 3.19. The third-order valence-corrected chi connectivity index (χ3v) is 6.72. The first-order valence-corrected chi connectivity index (χ1v) is 15.3. The van der Waals surface area contributed by atoms with E-state index < -0.39 is 36.6 Å². The van der Waals surface area contributed by atoms with Crippen LogP contribution in [0, 0.1) is 17.2 Å².